The van der Waals surface area contributed by atoms with E-state index in [9.17, 15) is 17.6 Å². The topological polar surface area (TPSA) is 66.5 Å². The van der Waals surface area contributed by atoms with Crippen LogP contribution in [0.1, 0.15) is 15.9 Å². The number of amides is 1. The van der Waals surface area contributed by atoms with Gasteiger partial charge in [0.25, 0.3) is 15.9 Å². The SMILES string of the molecule is O=C(Nc1ccc(Cl)cc1F)c1ccc(Cl)c(S(=O)(=O)N2CCc3ccccc32)c1. The Morgan fingerprint density at radius 2 is 1.80 bits per heavy atom. The summed E-state index contributed by atoms with van der Waals surface area (Å²) in [6.45, 7) is 0.282. The zero-order valence-corrected chi connectivity index (χ0v) is 17.7. The van der Waals surface area contributed by atoms with Gasteiger partial charge in [-0.15, -0.1) is 0 Å². The number of rotatable bonds is 4. The largest absolute Gasteiger partial charge is 0.319 e. The number of carbonyl (C=O) groups is 1. The molecule has 9 heteroatoms. The van der Waals surface area contributed by atoms with Gasteiger partial charge >= 0.3 is 0 Å². The van der Waals surface area contributed by atoms with Crippen molar-refractivity contribution in [1.29, 1.82) is 0 Å². The van der Waals surface area contributed by atoms with Crippen LogP contribution in [0.3, 0.4) is 0 Å². The van der Waals surface area contributed by atoms with Gasteiger partial charge in [0.05, 0.1) is 16.4 Å². The number of fused-ring (bicyclic) bond motifs is 1. The quantitative estimate of drug-likeness (QED) is 0.581. The first kappa shape index (κ1) is 20.7. The number of para-hydroxylation sites is 1. The van der Waals surface area contributed by atoms with E-state index in [1.807, 2.05) is 12.1 Å². The predicted octanol–water partition coefficient (Wildman–Crippen LogP) is 5.14. The van der Waals surface area contributed by atoms with E-state index in [2.05, 4.69) is 5.32 Å². The fourth-order valence-electron chi connectivity index (χ4n) is 3.30. The number of benzene rings is 3. The van der Waals surface area contributed by atoms with Crippen molar-refractivity contribution in [1.82, 2.24) is 0 Å². The van der Waals surface area contributed by atoms with Crippen LogP contribution in [0.2, 0.25) is 10.0 Å². The maximum Gasteiger partial charge on any atom is 0.265 e. The second-order valence-electron chi connectivity index (χ2n) is 6.68. The van der Waals surface area contributed by atoms with Gasteiger partial charge in [-0.1, -0.05) is 41.4 Å². The minimum Gasteiger partial charge on any atom is -0.319 e. The first-order valence-electron chi connectivity index (χ1n) is 8.94. The molecule has 0 saturated carbocycles. The zero-order valence-electron chi connectivity index (χ0n) is 15.4. The fourth-order valence-corrected chi connectivity index (χ4v) is 5.47. The Bertz CT molecular complexity index is 1260. The molecule has 3 aromatic carbocycles. The van der Waals surface area contributed by atoms with Crippen LogP contribution in [-0.4, -0.2) is 20.9 Å². The van der Waals surface area contributed by atoms with E-state index in [0.29, 0.717) is 12.1 Å². The molecule has 3 aromatic rings. The average Bonchev–Trinajstić information content (AvgIpc) is 3.15. The number of nitrogens with zero attached hydrogens (tertiary/aromatic N) is 1. The number of carbonyl (C=O) groups excluding carboxylic acids is 1. The lowest BCUT2D eigenvalue weighted by molar-refractivity contribution is 0.102. The summed E-state index contributed by atoms with van der Waals surface area (Å²) in [6.07, 6.45) is 0.586. The maximum absolute atomic E-state index is 14.0. The zero-order chi connectivity index (χ0) is 21.5. The van der Waals surface area contributed by atoms with Crippen LogP contribution in [0.4, 0.5) is 15.8 Å². The summed E-state index contributed by atoms with van der Waals surface area (Å²) >= 11 is 11.9. The van der Waals surface area contributed by atoms with E-state index >= 15 is 0 Å². The Morgan fingerprint density at radius 3 is 2.57 bits per heavy atom. The molecule has 1 amide bonds. The normalized spacial score (nSPS) is 13.2. The number of sulfonamides is 1. The number of hydrogen-bond acceptors (Lipinski definition) is 3. The van der Waals surface area contributed by atoms with Gasteiger partial charge < -0.3 is 5.32 Å². The van der Waals surface area contributed by atoms with Crippen molar-refractivity contribution in [2.24, 2.45) is 0 Å². The predicted molar refractivity (Wildman–Crippen MR) is 115 cm³/mol. The minimum absolute atomic E-state index is 0.00592. The van der Waals surface area contributed by atoms with Crippen LogP contribution in [0, 0.1) is 5.82 Å². The van der Waals surface area contributed by atoms with E-state index < -0.39 is 21.7 Å². The van der Waals surface area contributed by atoms with Gasteiger partial charge in [-0.3, -0.25) is 9.10 Å². The highest BCUT2D eigenvalue weighted by molar-refractivity contribution is 7.93. The van der Waals surface area contributed by atoms with E-state index in [1.54, 1.807) is 12.1 Å². The lowest BCUT2D eigenvalue weighted by atomic mass is 10.2. The first-order chi connectivity index (χ1) is 14.3. The van der Waals surface area contributed by atoms with E-state index in [1.165, 1.54) is 34.6 Å². The smallest absolute Gasteiger partial charge is 0.265 e. The van der Waals surface area contributed by atoms with Gasteiger partial charge in [0, 0.05) is 17.1 Å². The van der Waals surface area contributed by atoms with Crippen LogP contribution in [0.15, 0.2) is 65.6 Å². The van der Waals surface area contributed by atoms with Gasteiger partial charge in [0.1, 0.15) is 10.7 Å². The molecule has 1 aliphatic rings. The molecule has 0 aliphatic carbocycles. The molecule has 154 valence electrons. The fraction of sp³-hybridized carbons (Fsp3) is 0.0952. The van der Waals surface area contributed by atoms with E-state index in [-0.39, 0.29) is 32.7 Å². The monoisotopic (exact) mass is 464 g/mol. The molecule has 1 N–H and O–H groups in total. The molecule has 0 bridgehead atoms. The van der Waals surface area contributed by atoms with Crippen LogP contribution in [0.25, 0.3) is 0 Å². The molecule has 30 heavy (non-hydrogen) atoms. The van der Waals surface area contributed by atoms with Crippen LogP contribution in [0.5, 0.6) is 0 Å². The molecule has 0 radical (unpaired) electrons. The Morgan fingerprint density at radius 1 is 1.03 bits per heavy atom. The second kappa shape index (κ2) is 7.91. The van der Waals surface area contributed by atoms with E-state index in [0.717, 1.165) is 11.6 Å². The van der Waals surface area contributed by atoms with Gasteiger partial charge in [0.15, 0.2) is 0 Å². The standard InChI is InChI=1S/C21H15Cl2FN2O3S/c22-15-6-8-18(17(24)12-15)25-21(27)14-5-7-16(23)20(11-14)30(28,29)26-10-9-13-3-1-2-4-19(13)26/h1-8,11-12H,9-10H2,(H,25,27). The Balaban J connectivity index is 1.67. The van der Waals surface area contributed by atoms with Crippen molar-refractivity contribution in [2.45, 2.75) is 11.3 Å². The molecule has 0 spiro atoms. The molecular formula is C21H15Cl2FN2O3S. The van der Waals surface area contributed by atoms with E-state index in [4.69, 9.17) is 23.2 Å². The van der Waals surface area contributed by atoms with Crippen molar-refractivity contribution in [3.05, 3.63) is 87.7 Å². The second-order valence-corrected chi connectivity index (χ2v) is 9.35. The molecule has 0 fully saturated rings. The summed E-state index contributed by atoms with van der Waals surface area (Å²) in [4.78, 5) is 12.4. The lowest BCUT2D eigenvalue weighted by Crippen LogP contribution is -2.29. The number of halogens is 3. The summed E-state index contributed by atoms with van der Waals surface area (Å²) in [7, 11) is -4.00. The van der Waals surface area contributed by atoms with Gasteiger partial charge in [-0.25, -0.2) is 12.8 Å². The van der Waals surface area contributed by atoms with Crippen molar-refractivity contribution in [3.8, 4) is 0 Å². The average molecular weight is 465 g/mol. The summed E-state index contributed by atoms with van der Waals surface area (Å²) in [5.74, 6) is -1.38. The number of hydrogen-bond donors (Lipinski definition) is 1. The van der Waals surface area contributed by atoms with Crippen LogP contribution < -0.4 is 9.62 Å². The molecule has 0 saturated heterocycles. The Kier molecular flexibility index (Phi) is 5.44. The third-order valence-corrected chi connectivity index (χ3v) is 7.32. The Labute approximate surface area is 183 Å². The Hall–Kier alpha value is -2.61. The van der Waals surface area contributed by atoms with Crippen molar-refractivity contribution < 1.29 is 17.6 Å². The molecule has 0 aromatic heterocycles. The maximum atomic E-state index is 14.0. The molecule has 0 atom stereocenters. The molecule has 1 heterocycles. The molecule has 5 nitrogen and oxygen atoms in total. The summed E-state index contributed by atoms with van der Waals surface area (Å²) in [6, 6.07) is 15.0. The van der Waals surface area contributed by atoms with Gasteiger partial charge in [0.2, 0.25) is 0 Å². The third kappa shape index (κ3) is 3.76. The minimum atomic E-state index is -4.00. The summed E-state index contributed by atoms with van der Waals surface area (Å²) in [5, 5.41) is 2.60. The lowest BCUT2D eigenvalue weighted by Gasteiger charge is -2.20. The summed E-state index contributed by atoms with van der Waals surface area (Å²) in [5.41, 5.74) is 1.47. The number of nitrogens with one attached hydrogen (secondary N) is 1. The highest BCUT2D eigenvalue weighted by Crippen LogP contribution is 2.35. The first-order valence-corrected chi connectivity index (χ1v) is 11.1. The van der Waals surface area contributed by atoms with Gasteiger partial charge in [-0.2, -0.15) is 0 Å². The van der Waals surface area contributed by atoms with Crippen molar-refractivity contribution in [3.63, 3.8) is 0 Å². The molecule has 4 rings (SSSR count). The highest BCUT2D eigenvalue weighted by Gasteiger charge is 2.32. The molecular weight excluding hydrogens is 450 g/mol. The highest BCUT2D eigenvalue weighted by atomic mass is 35.5. The van der Waals surface area contributed by atoms with Crippen molar-refractivity contribution >= 4 is 50.5 Å². The van der Waals surface area contributed by atoms with Crippen LogP contribution >= 0.6 is 23.2 Å². The summed E-state index contributed by atoms with van der Waals surface area (Å²) < 4.78 is 41.8. The molecule has 0 unspecified atom stereocenters. The van der Waals surface area contributed by atoms with Gasteiger partial charge in [-0.05, 0) is 54.4 Å². The third-order valence-electron chi connectivity index (χ3n) is 4.79. The molecule has 1 aliphatic heterocycles. The van der Waals surface area contributed by atoms with Crippen LogP contribution in [-0.2, 0) is 16.4 Å². The van der Waals surface area contributed by atoms with Crippen molar-refractivity contribution in [2.75, 3.05) is 16.2 Å². The number of anilines is 2.